The van der Waals surface area contributed by atoms with Crippen molar-refractivity contribution >= 4 is 21.7 Å². The molecule has 16 heavy (non-hydrogen) atoms. The first-order chi connectivity index (χ1) is 7.77. The molecule has 0 bridgehead atoms. The molecule has 0 saturated heterocycles. The Labute approximate surface area is 105 Å². The van der Waals surface area contributed by atoms with Crippen molar-refractivity contribution in [2.24, 2.45) is 0 Å². The normalized spacial score (nSPS) is 15.7. The van der Waals surface area contributed by atoms with Crippen molar-refractivity contribution in [3.8, 4) is 0 Å². The van der Waals surface area contributed by atoms with Gasteiger partial charge in [-0.25, -0.2) is 0 Å². The number of Topliss-reactive ketones (excluding diaryl/α,β-unsaturated/α-hetero) is 1. The van der Waals surface area contributed by atoms with Crippen LogP contribution in [0.5, 0.6) is 0 Å². The summed E-state index contributed by atoms with van der Waals surface area (Å²) in [5.74, 6) is 0.284. The maximum atomic E-state index is 12.0. The number of rotatable bonds is 3. The van der Waals surface area contributed by atoms with Crippen molar-refractivity contribution in [2.45, 2.75) is 32.1 Å². The summed E-state index contributed by atoms with van der Waals surface area (Å²) in [7, 11) is 0. The highest BCUT2D eigenvalue weighted by Crippen LogP contribution is 2.22. The second-order valence-electron chi connectivity index (χ2n) is 4.17. The average molecular weight is 279 g/mol. The van der Waals surface area contributed by atoms with Crippen molar-refractivity contribution in [3.63, 3.8) is 0 Å². The lowest BCUT2D eigenvalue weighted by Crippen LogP contribution is -2.09. The fourth-order valence-corrected chi connectivity index (χ4v) is 2.44. The van der Waals surface area contributed by atoms with Gasteiger partial charge in [-0.15, -0.1) is 0 Å². The van der Waals surface area contributed by atoms with Gasteiger partial charge in [0.15, 0.2) is 5.78 Å². The third-order valence-corrected chi connectivity index (χ3v) is 3.73. The molecule has 0 saturated carbocycles. The van der Waals surface area contributed by atoms with E-state index < -0.39 is 0 Å². The first-order valence-corrected chi connectivity index (χ1v) is 6.52. The van der Waals surface area contributed by atoms with Crippen molar-refractivity contribution in [3.05, 3.63) is 46.0 Å². The number of hydrogen-bond donors (Lipinski definition) is 0. The summed E-state index contributed by atoms with van der Waals surface area (Å²) in [6.45, 7) is 0. The molecule has 0 atom stereocenters. The van der Waals surface area contributed by atoms with E-state index in [0.29, 0.717) is 6.42 Å². The first-order valence-electron chi connectivity index (χ1n) is 5.73. The van der Waals surface area contributed by atoms with Crippen LogP contribution in [-0.4, -0.2) is 5.78 Å². The van der Waals surface area contributed by atoms with Crippen LogP contribution in [0.25, 0.3) is 0 Å². The Morgan fingerprint density at radius 2 is 2.06 bits per heavy atom. The molecule has 1 aromatic carbocycles. The molecule has 0 N–H and O–H groups in total. The number of ketones is 1. The summed E-state index contributed by atoms with van der Waals surface area (Å²) in [5, 5.41) is 0. The van der Waals surface area contributed by atoms with E-state index in [0.717, 1.165) is 34.9 Å². The van der Waals surface area contributed by atoms with E-state index in [2.05, 4.69) is 22.0 Å². The molecule has 1 aromatic rings. The van der Waals surface area contributed by atoms with Gasteiger partial charge < -0.3 is 0 Å². The molecule has 0 aromatic heterocycles. The quantitative estimate of drug-likeness (QED) is 0.815. The van der Waals surface area contributed by atoms with E-state index in [1.165, 1.54) is 6.42 Å². The van der Waals surface area contributed by atoms with Crippen LogP contribution in [0.15, 0.2) is 40.4 Å². The molecule has 0 spiro atoms. The Morgan fingerprint density at radius 3 is 2.75 bits per heavy atom. The van der Waals surface area contributed by atoms with E-state index in [9.17, 15) is 4.79 Å². The fraction of sp³-hybridized carbons (Fsp3) is 0.357. The average Bonchev–Trinajstić information content (AvgIpc) is 2.33. The molecule has 0 unspecified atom stereocenters. The standard InChI is InChI=1S/C14H15BrO/c15-13-9-5-4-8-12(13)10-14(16)11-6-2-1-3-7-11/h4-6,8-9H,1-3,7,10H2. The van der Waals surface area contributed by atoms with Crippen molar-refractivity contribution < 1.29 is 4.79 Å². The molecular weight excluding hydrogens is 264 g/mol. The molecule has 2 heteroatoms. The van der Waals surface area contributed by atoms with Gasteiger partial charge >= 0.3 is 0 Å². The lowest BCUT2D eigenvalue weighted by molar-refractivity contribution is -0.115. The highest BCUT2D eigenvalue weighted by Gasteiger charge is 2.13. The largest absolute Gasteiger partial charge is 0.294 e. The van der Waals surface area contributed by atoms with Gasteiger partial charge in [0.1, 0.15) is 0 Å². The highest BCUT2D eigenvalue weighted by molar-refractivity contribution is 9.10. The van der Waals surface area contributed by atoms with Crippen molar-refractivity contribution in [1.29, 1.82) is 0 Å². The third-order valence-electron chi connectivity index (χ3n) is 2.96. The number of carbonyl (C=O) groups excluding carboxylic acids is 1. The maximum absolute atomic E-state index is 12.0. The molecule has 0 amide bonds. The van der Waals surface area contributed by atoms with Crippen LogP contribution < -0.4 is 0 Å². The number of halogens is 1. The maximum Gasteiger partial charge on any atom is 0.162 e. The summed E-state index contributed by atoms with van der Waals surface area (Å²) in [6.07, 6.45) is 7.05. The topological polar surface area (TPSA) is 17.1 Å². The van der Waals surface area contributed by atoms with Gasteiger partial charge in [-0.05, 0) is 42.9 Å². The zero-order valence-electron chi connectivity index (χ0n) is 9.21. The molecular formula is C14H15BrO. The monoisotopic (exact) mass is 278 g/mol. The van der Waals surface area contributed by atoms with Gasteiger partial charge in [-0.2, -0.15) is 0 Å². The summed E-state index contributed by atoms with van der Waals surface area (Å²) in [4.78, 5) is 12.0. The van der Waals surface area contributed by atoms with Gasteiger partial charge in [0.05, 0.1) is 0 Å². The smallest absolute Gasteiger partial charge is 0.162 e. The van der Waals surface area contributed by atoms with Crippen LogP contribution in [0, 0.1) is 0 Å². The van der Waals surface area contributed by atoms with Gasteiger partial charge in [0.25, 0.3) is 0 Å². The minimum absolute atomic E-state index is 0.284. The lowest BCUT2D eigenvalue weighted by atomic mass is 9.93. The van der Waals surface area contributed by atoms with E-state index in [4.69, 9.17) is 0 Å². The molecule has 0 aliphatic heterocycles. The van der Waals surface area contributed by atoms with Crippen LogP contribution in [0.4, 0.5) is 0 Å². The molecule has 84 valence electrons. The van der Waals surface area contributed by atoms with Crippen LogP contribution in [0.3, 0.4) is 0 Å². The lowest BCUT2D eigenvalue weighted by Gasteiger charge is -2.11. The first kappa shape index (κ1) is 11.6. The Morgan fingerprint density at radius 1 is 1.25 bits per heavy atom. The summed E-state index contributed by atoms with van der Waals surface area (Å²) < 4.78 is 1.03. The Kier molecular flexibility index (Phi) is 3.94. The van der Waals surface area contributed by atoms with Crippen LogP contribution >= 0.6 is 15.9 Å². The predicted octanol–water partition coefficient (Wildman–Crippen LogP) is 4.06. The molecule has 0 radical (unpaired) electrons. The molecule has 1 aliphatic carbocycles. The number of carbonyl (C=O) groups is 1. The molecule has 0 fully saturated rings. The molecule has 1 nitrogen and oxygen atoms in total. The SMILES string of the molecule is O=C(Cc1ccccc1Br)C1=CCCCC1. The molecule has 1 aliphatic rings. The Balaban J connectivity index is 2.07. The Bertz CT molecular complexity index is 420. The summed E-state index contributed by atoms with van der Waals surface area (Å²) in [6, 6.07) is 7.93. The van der Waals surface area contributed by atoms with Crippen molar-refractivity contribution in [2.75, 3.05) is 0 Å². The van der Waals surface area contributed by atoms with Gasteiger partial charge in [0, 0.05) is 10.9 Å². The van der Waals surface area contributed by atoms with Crippen LogP contribution in [0.2, 0.25) is 0 Å². The zero-order valence-corrected chi connectivity index (χ0v) is 10.8. The van der Waals surface area contributed by atoms with E-state index in [1.807, 2.05) is 24.3 Å². The molecule has 0 heterocycles. The number of hydrogen-bond acceptors (Lipinski definition) is 1. The minimum Gasteiger partial charge on any atom is -0.294 e. The van der Waals surface area contributed by atoms with E-state index >= 15 is 0 Å². The van der Waals surface area contributed by atoms with E-state index in [-0.39, 0.29) is 5.78 Å². The zero-order chi connectivity index (χ0) is 11.4. The fourth-order valence-electron chi connectivity index (χ4n) is 2.02. The Hall–Kier alpha value is -0.890. The van der Waals surface area contributed by atoms with Gasteiger partial charge in [-0.1, -0.05) is 40.2 Å². The van der Waals surface area contributed by atoms with Gasteiger partial charge in [0.2, 0.25) is 0 Å². The third kappa shape index (κ3) is 2.82. The summed E-state index contributed by atoms with van der Waals surface area (Å²) >= 11 is 3.48. The van der Waals surface area contributed by atoms with E-state index in [1.54, 1.807) is 0 Å². The predicted molar refractivity (Wildman–Crippen MR) is 69.4 cm³/mol. The van der Waals surface area contributed by atoms with Crippen LogP contribution in [0.1, 0.15) is 31.2 Å². The van der Waals surface area contributed by atoms with Crippen molar-refractivity contribution in [1.82, 2.24) is 0 Å². The second kappa shape index (κ2) is 5.44. The number of allylic oxidation sites excluding steroid dienone is 2. The highest BCUT2D eigenvalue weighted by atomic mass is 79.9. The van der Waals surface area contributed by atoms with Gasteiger partial charge in [-0.3, -0.25) is 4.79 Å². The van der Waals surface area contributed by atoms with Crippen LogP contribution in [-0.2, 0) is 11.2 Å². The minimum atomic E-state index is 0.284. The summed E-state index contributed by atoms with van der Waals surface area (Å²) in [5.41, 5.74) is 2.11. The number of benzene rings is 1. The second-order valence-corrected chi connectivity index (χ2v) is 5.02. The molecule has 2 rings (SSSR count).